The van der Waals surface area contributed by atoms with Crippen molar-refractivity contribution in [3.63, 3.8) is 0 Å². The molecule has 0 bridgehead atoms. The fourth-order valence-electron chi connectivity index (χ4n) is 3.21. The number of rotatable bonds is 5. The van der Waals surface area contributed by atoms with Gasteiger partial charge in [0, 0.05) is 6.54 Å². The van der Waals surface area contributed by atoms with Gasteiger partial charge < -0.3 is 10.4 Å². The van der Waals surface area contributed by atoms with Gasteiger partial charge in [0.1, 0.15) is 0 Å². The van der Waals surface area contributed by atoms with Crippen LogP contribution in [-0.2, 0) is 9.59 Å². The summed E-state index contributed by atoms with van der Waals surface area (Å²) in [7, 11) is 0. The van der Waals surface area contributed by atoms with E-state index in [0.29, 0.717) is 13.0 Å². The molecule has 3 unspecified atom stereocenters. The van der Waals surface area contributed by atoms with E-state index < -0.39 is 5.97 Å². The maximum Gasteiger partial charge on any atom is 0.307 e. The predicted octanol–water partition coefficient (Wildman–Crippen LogP) is 2.36. The minimum absolute atomic E-state index is 0.0493. The fraction of sp³-hybridized carbons (Fsp3) is 0.556. The molecule has 0 radical (unpaired) electrons. The van der Waals surface area contributed by atoms with E-state index in [4.69, 9.17) is 0 Å². The van der Waals surface area contributed by atoms with Gasteiger partial charge in [-0.05, 0) is 51.3 Å². The summed E-state index contributed by atoms with van der Waals surface area (Å²) in [6.45, 7) is 7.08. The normalized spacial score (nSPS) is 21.4. The van der Waals surface area contributed by atoms with Crippen molar-refractivity contribution in [1.29, 1.82) is 0 Å². The lowest BCUT2D eigenvalue weighted by Crippen LogP contribution is -2.50. The summed E-state index contributed by atoms with van der Waals surface area (Å²) in [6.07, 6.45) is 1.52. The number of carboxylic acid groups (broad SMARTS) is 1. The number of carboxylic acids is 1. The summed E-state index contributed by atoms with van der Waals surface area (Å²) >= 11 is 0. The molecule has 0 aromatic heterocycles. The van der Waals surface area contributed by atoms with Gasteiger partial charge in [-0.3, -0.25) is 14.5 Å². The van der Waals surface area contributed by atoms with Crippen LogP contribution in [-0.4, -0.2) is 41.0 Å². The Bertz CT molecular complexity index is 573. The Balaban J connectivity index is 1.97. The van der Waals surface area contributed by atoms with E-state index >= 15 is 0 Å². The maximum absolute atomic E-state index is 12.5. The highest BCUT2D eigenvalue weighted by atomic mass is 16.4. The molecular formula is C18H26N2O3. The fourth-order valence-corrected chi connectivity index (χ4v) is 3.21. The third-order valence-electron chi connectivity index (χ3n) is 4.74. The number of carbonyl (C=O) groups excluding carboxylic acids is 1. The van der Waals surface area contributed by atoms with Crippen LogP contribution in [0.4, 0.5) is 0 Å². The number of aryl methyl sites for hydroxylation is 1. The second kappa shape index (κ2) is 7.59. The molecule has 2 N–H and O–H groups in total. The van der Waals surface area contributed by atoms with E-state index in [2.05, 4.69) is 5.32 Å². The molecule has 1 amide bonds. The van der Waals surface area contributed by atoms with E-state index in [0.717, 1.165) is 24.1 Å². The summed E-state index contributed by atoms with van der Waals surface area (Å²) in [6, 6.07) is 7.62. The first-order valence-corrected chi connectivity index (χ1v) is 8.23. The molecule has 23 heavy (non-hydrogen) atoms. The first kappa shape index (κ1) is 17.5. The van der Waals surface area contributed by atoms with Crippen molar-refractivity contribution in [2.75, 3.05) is 13.1 Å². The SMILES string of the molecule is Cc1ccccc1C(C)NC(=O)C(C)N1CCCC(C(=O)O)C1. The lowest BCUT2D eigenvalue weighted by Gasteiger charge is -2.35. The number of amides is 1. The zero-order chi connectivity index (χ0) is 17.0. The highest BCUT2D eigenvalue weighted by molar-refractivity contribution is 5.82. The second-order valence-corrected chi connectivity index (χ2v) is 6.44. The van der Waals surface area contributed by atoms with Crippen molar-refractivity contribution in [2.24, 2.45) is 5.92 Å². The van der Waals surface area contributed by atoms with Crippen LogP contribution in [0.5, 0.6) is 0 Å². The monoisotopic (exact) mass is 318 g/mol. The van der Waals surface area contributed by atoms with Crippen LogP contribution < -0.4 is 5.32 Å². The number of carbonyl (C=O) groups is 2. The van der Waals surface area contributed by atoms with E-state index in [1.165, 1.54) is 0 Å². The summed E-state index contributed by atoms with van der Waals surface area (Å²) in [5, 5.41) is 12.2. The largest absolute Gasteiger partial charge is 0.481 e. The summed E-state index contributed by atoms with van der Waals surface area (Å²) in [4.78, 5) is 25.7. The molecule has 5 nitrogen and oxygen atoms in total. The van der Waals surface area contributed by atoms with E-state index in [1.807, 2.05) is 49.9 Å². The van der Waals surface area contributed by atoms with Crippen LogP contribution in [0.3, 0.4) is 0 Å². The number of hydrogen-bond acceptors (Lipinski definition) is 3. The Kier molecular flexibility index (Phi) is 5.77. The third kappa shape index (κ3) is 4.32. The van der Waals surface area contributed by atoms with Crippen molar-refractivity contribution in [3.8, 4) is 0 Å². The smallest absolute Gasteiger partial charge is 0.307 e. The number of hydrogen-bond donors (Lipinski definition) is 2. The molecule has 0 saturated carbocycles. The van der Waals surface area contributed by atoms with E-state index in [9.17, 15) is 14.7 Å². The van der Waals surface area contributed by atoms with E-state index in [1.54, 1.807) is 0 Å². The van der Waals surface area contributed by atoms with Crippen molar-refractivity contribution in [1.82, 2.24) is 10.2 Å². The number of piperidine rings is 1. The molecule has 126 valence electrons. The summed E-state index contributed by atoms with van der Waals surface area (Å²) < 4.78 is 0. The molecule has 0 aliphatic carbocycles. The maximum atomic E-state index is 12.5. The second-order valence-electron chi connectivity index (χ2n) is 6.44. The Hall–Kier alpha value is -1.88. The molecule has 5 heteroatoms. The number of likely N-dealkylation sites (tertiary alicyclic amines) is 1. The van der Waals surface area contributed by atoms with Crippen LogP contribution in [0, 0.1) is 12.8 Å². The average molecular weight is 318 g/mol. The number of aliphatic carboxylic acids is 1. The van der Waals surface area contributed by atoms with Crippen molar-refractivity contribution >= 4 is 11.9 Å². The topological polar surface area (TPSA) is 69.6 Å². The minimum Gasteiger partial charge on any atom is -0.481 e. The molecule has 1 aromatic carbocycles. The molecule has 1 aromatic rings. The zero-order valence-corrected chi connectivity index (χ0v) is 14.1. The highest BCUT2D eigenvalue weighted by Crippen LogP contribution is 2.20. The molecule has 1 fully saturated rings. The van der Waals surface area contributed by atoms with Gasteiger partial charge in [-0.2, -0.15) is 0 Å². The molecular weight excluding hydrogens is 292 g/mol. The highest BCUT2D eigenvalue weighted by Gasteiger charge is 2.31. The van der Waals surface area contributed by atoms with Crippen LogP contribution >= 0.6 is 0 Å². The minimum atomic E-state index is -0.768. The molecule has 0 spiro atoms. The Labute approximate surface area is 137 Å². The Morgan fingerprint density at radius 1 is 1.30 bits per heavy atom. The lowest BCUT2D eigenvalue weighted by atomic mass is 9.97. The molecule has 3 atom stereocenters. The van der Waals surface area contributed by atoms with Crippen LogP contribution in [0.2, 0.25) is 0 Å². The number of nitrogens with one attached hydrogen (secondary N) is 1. The molecule has 1 aliphatic heterocycles. The van der Waals surface area contributed by atoms with Gasteiger partial charge in [0.15, 0.2) is 0 Å². The number of nitrogens with zero attached hydrogens (tertiary/aromatic N) is 1. The average Bonchev–Trinajstić information content (AvgIpc) is 2.54. The zero-order valence-electron chi connectivity index (χ0n) is 14.1. The van der Waals surface area contributed by atoms with Crippen molar-refractivity contribution in [2.45, 2.75) is 45.7 Å². The molecule has 1 heterocycles. The lowest BCUT2D eigenvalue weighted by molar-refractivity contribution is -0.145. The Morgan fingerprint density at radius 2 is 2.00 bits per heavy atom. The van der Waals surface area contributed by atoms with Gasteiger partial charge in [0.2, 0.25) is 5.91 Å². The summed E-state index contributed by atoms with van der Waals surface area (Å²) in [5.74, 6) is -1.19. The van der Waals surface area contributed by atoms with Crippen molar-refractivity contribution in [3.05, 3.63) is 35.4 Å². The van der Waals surface area contributed by atoms with E-state index in [-0.39, 0.29) is 23.9 Å². The molecule has 1 saturated heterocycles. The Morgan fingerprint density at radius 3 is 2.65 bits per heavy atom. The van der Waals surface area contributed by atoms with Crippen LogP contribution in [0.25, 0.3) is 0 Å². The van der Waals surface area contributed by atoms with Gasteiger partial charge in [-0.1, -0.05) is 24.3 Å². The van der Waals surface area contributed by atoms with Gasteiger partial charge in [-0.25, -0.2) is 0 Å². The molecule has 2 rings (SSSR count). The van der Waals surface area contributed by atoms with Crippen LogP contribution in [0.15, 0.2) is 24.3 Å². The first-order chi connectivity index (χ1) is 10.9. The van der Waals surface area contributed by atoms with Crippen molar-refractivity contribution < 1.29 is 14.7 Å². The third-order valence-corrected chi connectivity index (χ3v) is 4.74. The number of benzene rings is 1. The van der Waals surface area contributed by atoms with Gasteiger partial charge in [0.05, 0.1) is 18.0 Å². The predicted molar refractivity (Wildman–Crippen MR) is 89.1 cm³/mol. The first-order valence-electron chi connectivity index (χ1n) is 8.23. The van der Waals surface area contributed by atoms with Crippen LogP contribution in [0.1, 0.15) is 43.9 Å². The standard InChI is InChI=1S/C18H26N2O3/c1-12-7-4-5-9-16(12)13(2)19-17(21)14(3)20-10-6-8-15(11-20)18(22)23/h4-5,7,9,13-15H,6,8,10-11H2,1-3H3,(H,19,21)(H,22,23). The van der Waals surface area contributed by atoms with Gasteiger partial charge in [-0.15, -0.1) is 0 Å². The quantitative estimate of drug-likeness (QED) is 0.874. The molecule has 1 aliphatic rings. The summed E-state index contributed by atoms with van der Waals surface area (Å²) in [5.41, 5.74) is 2.26. The van der Waals surface area contributed by atoms with Gasteiger partial charge >= 0.3 is 5.97 Å². The van der Waals surface area contributed by atoms with Gasteiger partial charge in [0.25, 0.3) is 0 Å².